The van der Waals surface area contributed by atoms with E-state index in [1.54, 1.807) is 0 Å². The first-order valence-corrected chi connectivity index (χ1v) is 8.69. The highest BCUT2D eigenvalue weighted by Gasteiger charge is 2.27. The van der Waals surface area contributed by atoms with Crippen molar-refractivity contribution in [2.45, 2.75) is 19.4 Å². The van der Waals surface area contributed by atoms with Gasteiger partial charge in [0.15, 0.2) is 0 Å². The number of rotatable bonds is 4. The molecule has 0 radical (unpaired) electrons. The number of nitrogens with zero attached hydrogens (tertiary/aromatic N) is 3. The Labute approximate surface area is 146 Å². The number of hydrogen-bond acceptors (Lipinski definition) is 3. The Kier molecular flexibility index (Phi) is 4.14. The minimum absolute atomic E-state index is 0.233. The van der Waals surface area contributed by atoms with Crippen molar-refractivity contribution in [3.63, 3.8) is 0 Å². The van der Waals surface area contributed by atoms with Gasteiger partial charge < -0.3 is 14.6 Å². The fraction of sp³-hybridized carbons (Fsp3) is 0.300. The third-order valence-electron chi connectivity index (χ3n) is 4.94. The minimum Gasteiger partial charge on any atom is -0.481 e. The number of aliphatic carboxylic acids is 1. The first-order chi connectivity index (χ1) is 12.2. The van der Waals surface area contributed by atoms with Crippen LogP contribution in [0.3, 0.4) is 0 Å². The van der Waals surface area contributed by atoms with Gasteiger partial charge in [0.25, 0.3) is 0 Å². The van der Waals surface area contributed by atoms with Crippen LogP contribution in [0.2, 0.25) is 0 Å². The van der Waals surface area contributed by atoms with Crippen molar-refractivity contribution in [1.29, 1.82) is 0 Å². The molecule has 1 saturated heterocycles. The van der Waals surface area contributed by atoms with Gasteiger partial charge in [0.05, 0.1) is 23.5 Å². The maximum absolute atomic E-state index is 11.2. The van der Waals surface area contributed by atoms with Crippen LogP contribution in [0.5, 0.6) is 0 Å². The molecular weight excluding hydrogens is 314 g/mol. The highest BCUT2D eigenvalue weighted by atomic mass is 16.4. The number of aromatic nitrogens is 2. The molecule has 1 fully saturated rings. The Balaban J connectivity index is 1.68. The van der Waals surface area contributed by atoms with Gasteiger partial charge >= 0.3 is 5.97 Å². The van der Waals surface area contributed by atoms with Crippen LogP contribution in [0, 0.1) is 5.92 Å². The number of anilines is 1. The molecule has 1 aliphatic rings. The van der Waals surface area contributed by atoms with E-state index in [-0.39, 0.29) is 5.92 Å². The molecule has 2 heterocycles. The molecule has 0 atom stereocenters. The fourth-order valence-corrected chi connectivity index (χ4v) is 3.55. The van der Waals surface area contributed by atoms with E-state index < -0.39 is 5.97 Å². The summed E-state index contributed by atoms with van der Waals surface area (Å²) in [5.74, 6) is 0.0227. The van der Waals surface area contributed by atoms with Crippen molar-refractivity contribution in [3.05, 3.63) is 60.2 Å². The number of carboxylic acid groups (broad SMARTS) is 1. The van der Waals surface area contributed by atoms with Crippen molar-refractivity contribution < 1.29 is 9.90 Å². The number of hydrogen-bond donors (Lipinski definition) is 1. The van der Waals surface area contributed by atoms with Crippen LogP contribution < -0.4 is 4.90 Å². The first kappa shape index (κ1) is 15.7. The molecule has 0 aliphatic carbocycles. The number of piperidine rings is 1. The van der Waals surface area contributed by atoms with Gasteiger partial charge in [-0.15, -0.1) is 0 Å². The first-order valence-electron chi connectivity index (χ1n) is 8.69. The Morgan fingerprint density at radius 3 is 2.44 bits per heavy atom. The third-order valence-corrected chi connectivity index (χ3v) is 4.94. The van der Waals surface area contributed by atoms with Gasteiger partial charge in [-0.1, -0.05) is 42.5 Å². The zero-order chi connectivity index (χ0) is 17.2. The molecule has 25 heavy (non-hydrogen) atoms. The maximum Gasteiger partial charge on any atom is 0.306 e. The Bertz CT molecular complexity index is 880. The predicted octanol–water partition coefficient (Wildman–Crippen LogP) is 3.39. The number of carboxylic acids is 1. The summed E-state index contributed by atoms with van der Waals surface area (Å²) >= 11 is 0. The second-order valence-corrected chi connectivity index (χ2v) is 6.57. The lowest BCUT2D eigenvalue weighted by Gasteiger charge is -2.31. The molecule has 0 bridgehead atoms. The molecule has 1 aliphatic heterocycles. The Morgan fingerprint density at radius 1 is 1.04 bits per heavy atom. The van der Waals surface area contributed by atoms with Gasteiger partial charge in [-0.3, -0.25) is 4.79 Å². The molecule has 2 aromatic carbocycles. The minimum atomic E-state index is -0.683. The maximum atomic E-state index is 11.2. The highest BCUT2D eigenvalue weighted by molar-refractivity contribution is 5.79. The van der Waals surface area contributed by atoms with Crippen LogP contribution in [-0.2, 0) is 11.3 Å². The molecule has 1 N–H and O–H groups in total. The van der Waals surface area contributed by atoms with Crippen molar-refractivity contribution in [2.75, 3.05) is 18.0 Å². The molecule has 0 spiro atoms. The van der Waals surface area contributed by atoms with Crippen molar-refractivity contribution in [3.8, 4) is 0 Å². The van der Waals surface area contributed by atoms with Crippen LogP contribution in [-0.4, -0.2) is 33.7 Å². The summed E-state index contributed by atoms with van der Waals surface area (Å²) < 4.78 is 2.24. The molecular formula is C20H21N3O2. The normalized spacial score (nSPS) is 15.6. The van der Waals surface area contributed by atoms with Crippen LogP contribution in [0.1, 0.15) is 18.4 Å². The van der Waals surface area contributed by atoms with Crippen molar-refractivity contribution in [1.82, 2.24) is 9.55 Å². The summed E-state index contributed by atoms with van der Waals surface area (Å²) in [5, 5.41) is 9.22. The van der Waals surface area contributed by atoms with E-state index >= 15 is 0 Å². The SMILES string of the molecule is O=C(O)C1CCN(c2nc3ccccc3n2Cc2ccccc2)CC1. The lowest BCUT2D eigenvalue weighted by Crippen LogP contribution is -2.37. The topological polar surface area (TPSA) is 58.4 Å². The fourth-order valence-electron chi connectivity index (χ4n) is 3.55. The average molecular weight is 335 g/mol. The molecule has 1 aromatic heterocycles. The molecule has 5 heteroatoms. The van der Waals surface area contributed by atoms with E-state index in [2.05, 4.69) is 27.7 Å². The zero-order valence-electron chi connectivity index (χ0n) is 14.0. The van der Waals surface area contributed by atoms with Crippen molar-refractivity contribution in [2.24, 2.45) is 5.92 Å². The molecule has 128 valence electrons. The molecule has 4 rings (SSSR count). The lowest BCUT2D eigenvalue weighted by atomic mass is 9.97. The van der Waals surface area contributed by atoms with Crippen molar-refractivity contribution >= 4 is 23.0 Å². The second kappa shape index (κ2) is 6.59. The molecule has 0 unspecified atom stereocenters. The molecule has 0 saturated carbocycles. The smallest absolute Gasteiger partial charge is 0.306 e. The van der Waals surface area contributed by atoms with E-state index in [1.165, 1.54) is 5.56 Å². The number of benzene rings is 2. The van der Waals surface area contributed by atoms with E-state index in [4.69, 9.17) is 4.98 Å². The quantitative estimate of drug-likeness (QED) is 0.794. The number of para-hydroxylation sites is 2. The van der Waals surface area contributed by atoms with Gasteiger partial charge in [-0.25, -0.2) is 4.98 Å². The summed E-state index contributed by atoms with van der Waals surface area (Å²) in [6.07, 6.45) is 1.34. The van der Waals surface area contributed by atoms with E-state index in [1.807, 2.05) is 36.4 Å². The molecule has 3 aromatic rings. The third kappa shape index (κ3) is 3.09. The monoisotopic (exact) mass is 335 g/mol. The number of imidazole rings is 1. The molecule has 0 amide bonds. The average Bonchev–Trinajstić information content (AvgIpc) is 3.01. The molecule has 5 nitrogen and oxygen atoms in total. The number of carbonyl (C=O) groups is 1. The predicted molar refractivity (Wildman–Crippen MR) is 97.8 cm³/mol. The standard InChI is InChI=1S/C20H21N3O2/c24-19(25)16-10-12-22(13-11-16)20-21-17-8-4-5-9-18(17)23(20)14-15-6-2-1-3-7-15/h1-9,16H,10-14H2,(H,24,25). The van der Waals surface area contributed by atoms with Gasteiger partial charge in [0.1, 0.15) is 0 Å². The van der Waals surface area contributed by atoms with Gasteiger partial charge in [-0.05, 0) is 30.5 Å². The van der Waals surface area contributed by atoms with Crippen LogP contribution in [0.4, 0.5) is 5.95 Å². The summed E-state index contributed by atoms with van der Waals surface area (Å²) in [7, 11) is 0. The summed E-state index contributed by atoms with van der Waals surface area (Å²) in [5.41, 5.74) is 3.32. The Hall–Kier alpha value is -2.82. The van der Waals surface area contributed by atoms with E-state index in [9.17, 15) is 9.90 Å². The zero-order valence-corrected chi connectivity index (χ0v) is 14.0. The van der Waals surface area contributed by atoms with Gasteiger partial charge in [0.2, 0.25) is 5.95 Å². The van der Waals surface area contributed by atoms with Gasteiger partial charge in [0, 0.05) is 13.1 Å². The second-order valence-electron chi connectivity index (χ2n) is 6.57. The van der Waals surface area contributed by atoms with Crippen LogP contribution in [0.25, 0.3) is 11.0 Å². The largest absolute Gasteiger partial charge is 0.481 e. The van der Waals surface area contributed by atoms with Crippen LogP contribution >= 0.6 is 0 Å². The summed E-state index contributed by atoms with van der Waals surface area (Å²) in [6.45, 7) is 2.22. The Morgan fingerprint density at radius 2 is 1.72 bits per heavy atom. The van der Waals surface area contributed by atoms with E-state index in [0.29, 0.717) is 12.8 Å². The highest BCUT2D eigenvalue weighted by Crippen LogP contribution is 2.27. The number of fused-ring (bicyclic) bond motifs is 1. The lowest BCUT2D eigenvalue weighted by molar-refractivity contribution is -0.142. The van der Waals surface area contributed by atoms with E-state index in [0.717, 1.165) is 36.6 Å². The van der Waals surface area contributed by atoms with Gasteiger partial charge in [-0.2, -0.15) is 0 Å². The van der Waals surface area contributed by atoms with Crippen LogP contribution in [0.15, 0.2) is 54.6 Å². The summed E-state index contributed by atoms with van der Waals surface area (Å²) in [6, 6.07) is 18.5. The summed E-state index contributed by atoms with van der Waals surface area (Å²) in [4.78, 5) is 18.3.